The average Bonchev–Trinajstić information content (AvgIpc) is 4.12. The van der Waals surface area contributed by atoms with Crippen LogP contribution in [-0.4, -0.2) is 98.9 Å². The predicted octanol–water partition coefficient (Wildman–Crippen LogP) is 8.20. The fourth-order valence-electron chi connectivity index (χ4n) is 8.80. The zero-order chi connectivity index (χ0) is 42.8. The van der Waals surface area contributed by atoms with Gasteiger partial charge in [-0.05, 0) is 78.0 Å². The second-order valence-electron chi connectivity index (χ2n) is 16.6. The van der Waals surface area contributed by atoms with E-state index >= 15 is 0 Å². The number of rotatable bonds is 11. The first-order valence-electron chi connectivity index (χ1n) is 20.8. The van der Waals surface area contributed by atoms with Crippen molar-refractivity contribution >= 4 is 28.7 Å². The molecule has 2 fully saturated rings. The lowest BCUT2D eigenvalue weighted by atomic mass is 9.98. The topological polar surface area (TPSA) is 144 Å². The third kappa shape index (κ3) is 8.36. The molecule has 3 amide bonds. The zero-order valence-corrected chi connectivity index (χ0v) is 35.1. The first kappa shape index (κ1) is 41.0. The summed E-state index contributed by atoms with van der Waals surface area (Å²) in [6, 6.07) is 29.0. The van der Waals surface area contributed by atoms with Crippen LogP contribution < -0.4 is 5.32 Å². The van der Waals surface area contributed by atoms with Gasteiger partial charge in [-0.3, -0.25) is 14.5 Å². The van der Waals surface area contributed by atoms with E-state index in [1.165, 1.54) is 7.11 Å². The molecule has 6 aromatic rings. The lowest BCUT2D eigenvalue weighted by Gasteiger charge is -2.31. The molecule has 5 atom stereocenters. The Morgan fingerprint density at radius 2 is 1.41 bits per heavy atom. The summed E-state index contributed by atoms with van der Waals surface area (Å²) in [5, 5.41) is 4.83. The van der Waals surface area contributed by atoms with Gasteiger partial charge in [-0.25, -0.2) is 21.3 Å². The van der Waals surface area contributed by atoms with Gasteiger partial charge in [0.2, 0.25) is 17.9 Å². The number of carbonyl (C=O) groups is 3. The lowest BCUT2D eigenvalue weighted by molar-refractivity contribution is -0.137. The number of fused-ring (bicyclic) bond motifs is 1. The molecule has 2 aliphatic heterocycles. The molecule has 2 aliphatic rings. The zero-order valence-electron chi connectivity index (χ0n) is 35.1. The molecular formula is C48H51N9O4. The number of likely N-dealkylation sites (N-methyl/N-ethyl adjacent to an activating group) is 1. The smallest absolute Gasteiger partial charge is 0.407 e. The maximum atomic E-state index is 13.9. The van der Waals surface area contributed by atoms with Gasteiger partial charge in [0.05, 0.1) is 55.9 Å². The number of hydrogen-bond acceptors (Lipinski definition) is 7. The summed E-state index contributed by atoms with van der Waals surface area (Å²) in [5.74, 6) is 1.06. The van der Waals surface area contributed by atoms with Gasteiger partial charge in [0.1, 0.15) is 23.7 Å². The number of H-pyrrole nitrogens is 2. The van der Waals surface area contributed by atoms with Crippen LogP contribution in [0.4, 0.5) is 4.79 Å². The van der Waals surface area contributed by atoms with Crippen molar-refractivity contribution in [3.63, 3.8) is 0 Å². The fourth-order valence-corrected chi connectivity index (χ4v) is 8.80. The van der Waals surface area contributed by atoms with Crippen molar-refractivity contribution in [3.8, 4) is 33.6 Å². The molecule has 0 bridgehead atoms. The van der Waals surface area contributed by atoms with Gasteiger partial charge in [-0.2, -0.15) is 0 Å². The molecule has 2 saturated heterocycles. The molecule has 13 nitrogen and oxygen atoms in total. The normalized spacial score (nSPS) is 18.7. The maximum Gasteiger partial charge on any atom is 0.407 e. The quantitative estimate of drug-likeness (QED) is 0.112. The number of alkyl carbamates (subject to hydrolysis) is 1. The molecule has 4 aromatic carbocycles. The summed E-state index contributed by atoms with van der Waals surface area (Å²) in [4.78, 5) is 65.6. The van der Waals surface area contributed by atoms with E-state index in [0.29, 0.717) is 18.8 Å². The molecule has 2 aromatic heterocycles. The minimum absolute atomic E-state index is 0.0910. The summed E-state index contributed by atoms with van der Waals surface area (Å²) < 4.78 is 4.77. The molecular weight excluding hydrogens is 767 g/mol. The monoisotopic (exact) mass is 817 g/mol. The van der Waals surface area contributed by atoms with Gasteiger partial charge >= 0.3 is 6.09 Å². The van der Waals surface area contributed by atoms with Crippen LogP contribution in [0.15, 0.2) is 103 Å². The standard InChI is InChI=1S/C48H51N9O4/c1-29(2)42(54-48(60)61-6)46(58)57-28-37(49-3)25-41(57)45-51-27-39(53-45)36-21-20-34-23-33(18-19-35(34)24-36)30-14-16-31(17-15-30)38-26-50-44(52-38)40-13-10-22-56(40)47(59)43(55(4)5)32-11-8-7-9-12-32/h7-9,11-12,14-21,23-24,26-27,29,37,40-43H,10,13,22,25,28H2,1-2,4-6H3,(H,50,52)(H,51,53)(H,54,60)/t37-,40-,41-,42-,43+/m0/s1. The van der Waals surface area contributed by atoms with Gasteiger partial charge in [0.15, 0.2) is 0 Å². The van der Waals surface area contributed by atoms with Crippen LogP contribution in [-0.2, 0) is 14.3 Å². The molecule has 0 saturated carbocycles. The molecule has 0 radical (unpaired) electrons. The van der Waals surface area contributed by atoms with Crippen LogP contribution in [0.5, 0.6) is 0 Å². The summed E-state index contributed by atoms with van der Waals surface area (Å²) in [5.41, 5.74) is 6.86. The molecule has 3 N–H and O–H groups in total. The van der Waals surface area contributed by atoms with Gasteiger partial charge in [0.25, 0.3) is 0 Å². The fraction of sp³-hybridized carbons (Fsp3) is 0.333. The second kappa shape index (κ2) is 17.4. The van der Waals surface area contributed by atoms with Crippen LogP contribution >= 0.6 is 0 Å². The number of imidazole rings is 2. The second-order valence-corrected chi connectivity index (χ2v) is 16.6. The number of aromatic nitrogens is 4. The summed E-state index contributed by atoms with van der Waals surface area (Å²) in [6.45, 7) is 12.4. The number of nitrogens with zero attached hydrogens (tertiary/aromatic N) is 6. The van der Waals surface area contributed by atoms with Crippen molar-refractivity contribution < 1.29 is 19.1 Å². The Labute approximate surface area is 356 Å². The Hall–Kier alpha value is -6.78. The third-order valence-electron chi connectivity index (χ3n) is 12.0. The Kier molecular flexibility index (Phi) is 11.7. The highest BCUT2D eigenvalue weighted by Crippen LogP contribution is 2.37. The number of hydrogen-bond donors (Lipinski definition) is 3. The third-order valence-corrected chi connectivity index (χ3v) is 12.0. The van der Waals surface area contributed by atoms with E-state index in [0.717, 1.165) is 68.6 Å². The predicted molar refractivity (Wildman–Crippen MR) is 235 cm³/mol. The van der Waals surface area contributed by atoms with Gasteiger partial charge in [-0.15, -0.1) is 0 Å². The van der Waals surface area contributed by atoms with Gasteiger partial charge in [-0.1, -0.05) is 92.7 Å². The van der Waals surface area contributed by atoms with E-state index in [1.54, 1.807) is 11.1 Å². The molecule has 13 heteroatoms. The van der Waals surface area contributed by atoms with Crippen molar-refractivity contribution in [2.24, 2.45) is 5.92 Å². The molecule has 8 rings (SSSR count). The Morgan fingerprint density at radius 1 is 0.803 bits per heavy atom. The van der Waals surface area contributed by atoms with Crippen LogP contribution in [0, 0.1) is 12.5 Å². The minimum atomic E-state index is -0.795. The molecule has 4 heterocycles. The number of methoxy groups -OCH3 is 1. The number of amides is 3. The van der Waals surface area contributed by atoms with E-state index in [2.05, 4.69) is 85.8 Å². The number of nitrogens with one attached hydrogen (secondary N) is 3. The Morgan fingerprint density at radius 3 is 2.05 bits per heavy atom. The average molecular weight is 818 g/mol. The van der Waals surface area contributed by atoms with Crippen LogP contribution in [0.2, 0.25) is 0 Å². The van der Waals surface area contributed by atoms with Crippen LogP contribution in [0.25, 0.3) is 49.3 Å². The number of aromatic amines is 2. The number of ether oxygens (including phenoxy) is 1. The largest absolute Gasteiger partial charge is 0.453 e. The molecule has 0 unspecified atom stereocenters. The van der Waals surface area contributed by atoms with E-state index in [9.17, 15) is 14.4 Å². The molecule has 0 spiro atoms. The van der Waals surface area contributed by atoms with Gasteiger partial charge in [0, 0.05) is 12.1 Å². The first-order valence-corrected chi connectivity index (χ1v) is 20.8. The number of benzene rings is 4. The summed E-state index contributed by atoms with van der Waals surface area (Å²) >= 11 is 0. The lowest BCUT2D eigenvalue weighted by Crippen LogP contribution is -2.51. The Balaban J connectivity index is 0.956. The van der Waals surface area contributed by atoms with Crippen molar-refractivity contribution in [2.75, 3.05) is 34.3 Å². The summed E-state index contributed by atoms with van der Waals surface area (Å²) in [6.07, 6.45) is 5.20. The summed E-state index contributed by atoms with van der Waals surface area (Å²) in [7, 11) is 5.17. The maximum absolute atomic E-state index is 13.9. The highest BCUT2D eigenvalue weighted by Gasteiger charge is 2.44. The highest BCUT2D eigenvalue weighted by molar-refractivity contribution is 5.91. The van der Waals surface area contributed by atoms with Crippen molar-refractivity contribution in [1.29, 1.82) is 0 Å². The molecule has 0 aliphatic carbocycles. The van der Waals surface area contributed by atoms with E-state index in [4.69, 9.17) is 16.3 Å². The van der Waals surface area contributed by atoms with Crippen molar-refractivity contribution in [2.45, 2.75) is 63.3 Å². The molecule has 61 heavy (non-hydrogen) atoms. The number of carbonyl (C=O) groups excluding carboxylic acids is 3. The SMILES string of the molecule is [C-]#[N+][C@H]1C[C@@H](c2ncc(-c3ccc4cc(-c5ccc(-c6cnc([C@@H]7CCCN7C(=O)[C@@H](c7ccccc7)N(C)C)[nH]6)cc5)ccc4c3)[nH]2)N(C(=O)[C@@H](NC(=O)OC)C(C)C)C1. The minimum Gasteiger partial charge on any atom is -0.453 e. The van der Waals surface area contributed by atoms with Crippen molar-refractivity contribution in [3.05, 3.63) is 132 Å². The number of likely N-dealkylation sites (tertiary alicyclic amines) is 2. The van der Waals surface area contributed by atoms with E-state index in [1.807, 2.05) is 74.3 Å². The highest BCUT2D eigenvalue weighted by atomic mass is 16.5. The van der Waals surface area contributed by atoms with Gasteiger partial charge < -0.3 is 34.7 Å². The van der Waals surface area contributed by atoms with Crippen LogP contribution in [0.1, 0.15) is 68.4 Å². The molecule has 312 valence electrons. The van der Waals surface area contributed by atoms with E-state index < -0.39 is 18.2 Å². The Bertz CT molecular complexity index is 2580. The van der Waals surface area contributed by atoms with Crippen molar-refractivity contribution in [1.82, 2.24) is 40.0 Å². The van der Waals surface area contributed by atoms with E-state index in [-0.39, 0.29) is 42.4 Å². The first-order chi connectivity index (χ1) is 29.5. The van der Waals surface area contributed by atoms with Crippen LogP contribution in [0.3, 0.4) is 0 Å².